The first-order valence-electron chi connectivity index (χ1n) is 8.78. The molecule has 0 radical (unpaired) electrons. The molecule has 1 unspecified atom stereocenters. The lowest BCUT2D eigenvalue weighted by molar-refractivity contribution is -0.142. The van der Waals surface area contributed by atoms with Gasteiger partial charge in [0.1, 0.15) is 0 Å². The molecule has 0 aliphatic carbocycles. The summed E-state index contributed by atoms with van der Waals surface area (Å²) in [5, 5.41) is 0. The molecule has 144 valence electrons. The number of piperidine rings is 1. The van der Waals surface area contributed by atoms with Crippen LogP contribution in [0.1, 0.15) is 33.6 Å². The Morgan fingerprint density at radius 3 is 2.23 bits per heavy atom. The minimum atomic E-state index is -3.26. The van der Waals surface area contributed by atoms with Gasteiger partial charge < -0.3 is 9.80 Å². The molecule has 1 aromatic rings. The lowest BCUT2D eigenvalue weighted by Crippen LogP contribution is -2.49. The highest BCUT2D eigenvalue weighted by molar-refractivity contribution is 7.90. The number of benzene rings is 1. The maximum Gasteiger partial charge on any atom is 0.231 e. The molecule has 0 saturated carbocycles. The van der Waals surface area contributed by atoms with Crippen molar-refractivity contribution in [1.82, 2.24) is 4.90 Å². The molecule has 1 aliphatic rings. The van der Waals surface area contributed by atoms with Crippen LogP contribution in [0.3, 0.4) is 0 Å². The molecule has 1 heterocycles. The van der Waals surface area contributed by atoms with Crippen LogP contribution in [-0.2, 0) is 19.4 Å². The predicted molar refractivity (Wildman–Crippen MR) is 102 cm³/mol. The number of rotatable bonds is 3. The minimum absolute atomic E-state index is 0.0523. The SMILES string of the molecule is CN(C(=O)C1CCCN(C(=O)C(C)(C)C)C1)c1ccc(S(C)(=O)=O)cc1. The molecule has 1 fully saturated rings. The standard InChI is InChI=1S/C19H28N2O4S/c1-19(2,3)18(23)21-12-6-7-14(13-21)17(22)20(4)15-8-10-16(11-9-15)26(5,24)25/h8-11,14H,6-7,12-13H2,1-5H3. The lowest BCUT2D eigenvalue weighted by atomic mass is 9.90. The van der Waals surface area contributed by atoms with E-state index in [4.69, 9.17) is 0 Å². The Balaban J connectivity index is 2.11. The van der Waals surface area contributed by atoms with Crippen molar-refractivity contribution in [3.05, 3.63) is 24.3 Å². The van der Waals surface area contributed by atoms with E-state index in [9.17, 15) is 18.0 Å². The van der Waals surface area contributed by atoms with E-state index in [1.807, 2.05) is 20.8 Å². The molecule has 1 saturated heterocycles. The summed E-state index contributed by atoms with van der Waals surface area (Å²) < 4.78 is 23.1. The second-order valence-electron chi connectivity index (χ2n) is 8.00. The summed E-state index contributed by atoms with van der Waals surface area (Å²) >= 11 is 0. The van der Waals surface area contributed by atoms with Gasteiger partial charge in [-0.1, -0.05) is 20.8 Å². The summed E-state index contributed by atoms with van der Waals surface area (Å²) in [5.41, 5.74) is 0.180. The number of nitrogens with zero attached hydrogens (tertiary/aromatic N) is 2. The summed E-state index contributed by atoms with van der Waals surface area (Å²) in [5.74, 6) is -0.228. The van der Waals surface area contributed by atoms with Crippen LogP contribution in [0.15, 0.2) is 29.2 Å². The van der Waals surface area contributed by atoms with E-state index < -0.39 is 15.3 Å². The first-order chi connectivity index (χ1) is 11.9. The van der Waals surface area contributed by atoms with Gasteiger partial charge in [-0.05, 0) is 37.1 Å². The van der Waals surface area contributed by atoms with Crippen molar-refractivity contribution in [3.8, 4) is 0 Å². The predicted octanol–water partition coefficient (Wildman–Crippen LogP) is 2.34. The summed E-state index contributed by atoms with van der Waals surface area (Å²) in [7, 11) is -1.58. The Kier molecular flexibility index (Phi) is 5.80. The molecule has 7 heteroatoms. The van der Waals surface area contributed by atoms with Crippen molar-refractivity contribution in [2.75, 3.05) is 31.3 Å². The third-order valence-electron chi connectivity index (χ3n) is 4.68. The van der Waals surface area contributed by atoms with Gasteiger partial charge >= 0.3 is 0 Å². The van der Waals surface area contributed by atoms with Gasteiger partial charge in [0.05, 0.1) is 10.8 Å². The van der Waals surface area contributed by atoms with Gasteiger partial charge in [-0.3, -0.25) is 9.59 Å². The number of hydrogen-bond donors (Lipinski definition) is 0. The molecule has 0 N–H and O–H groups in total. The fourth-order valence-corrected chi connectivity index (χ4v) is 3.79. The first-order valence-corrected chi connectivity index (χ1v) is 10.7. The Labute approximate surface area is 156 Å². The zero-order valence-corrected chi connectivity index (χ0v) is 17.0. The maximum atomic E-state index is 12.9. The zero-order chi connectivity index (χ0) is 19.7. The summed E-state index contributed by atoms with van der Waals surface area (Å²) in [6.07, 6.45) is 2.71. The van der Waals surface area contributed by atoms with Gasteiger partial charge in [-0.25, -0.2) is 8.42 Å². The van der Waals surface area contributed by atoms with E-state index in [2.05, 4.69) is 0 Å². The van der Waals surface area contributed by atoms with E-state index in [0.29, 0.717) is 18.8 Å². The fourth-order valence-electron chi connectivity index (χ4n) is 3.16. The average molecular weight is 381 g/mol. The van der Waals surface area contributed by atoms with Crippen LogP contribution in [0.2, 0.25) is 0 Å². The normalized spacial score (nSPS) is 18.5. The molecule has 2 rings (SSSR count). The molecule has 6 nitrogen and oxygen atoms in total. The Morgan fingerprint density at radius 1 is 1.15 bits per heavy atom. The number of sulfone groups is 1. The van der Waals surface area contributed by atoms with Crippen molar-refractivity contribution >= 4 is 27.3 Å². The number of carbonyl (C=O) groups excluding carboxylic acids is 2. The van der Waals surface area contributed by atoms with E-state index >= 15 is 0 Å². The highest BCUT2D eigenvalue weighted by atomic mass is 32.2. The van der Waals surface area contributed by atoms with Crippen LogP contribution in [-0.4, -0.2) is 51.5 Å². The molecule has 0 spiro atoms. The lowest BCUT2D eigenvalue weighted by Gasteiger charge is -2.37. The van der Waals surface area contributed by atoms with Gasteiger partial charge in [-0.2, -0.15) is 0 Å². The van der Waals surface area contributed by atoms with Crippen LogP contribution >= 0.6 is 0 Å². The van der Waals surface area contributed by atoms with E-state index in [1.165, 1.54) is 12.1 Å². The van der Waals surface area contributed by atoms with E-state index in [1.54, 1.807) is 29.0 Å². The zero-order valence-electron chi connectivity index (χ0n) is 16.2. The Bertz CT molecular complexity index is 779. The molecular formula is C19H28N2O4S. The van der Waals surface area contributed by atoms with Crippen molar-refractivity contribution < 1.29 is 18.0 Å². The van der Waals surface area contributed by atoms with Crippen molar-refractivity contribution in [2.24, 2.45) is 11.3 Å². The van der Waals surface area contributed by atoms with Gasteiger partial charge in [0.2, 0.25) is 11.8 Å². The summed E-state index contributed by atoms with van der Waals surface area (Å²) in [6.45, 7) is 6.77. The molecule has 0 bridgehead atoms. The second-order valence-corrected chi connectivity index (χ2v) is 10.0. The quantitative estimate of drug-likeness (QED) is 0.807. The third-order valence-corrected chi connectivity index (χ3v) is 5.81. The van der Waals surface area contributed by atoms with Crippen LogP contribution in [0.25, 0.3) is 0 Å². The van der Waals surface area contributed by atoms with Gasteiger partial charge in [-0.15, -0.1) is 0 Å². The molecule has 1 aromatic carbocycles. The van der Waals surface area contributed by atoms with E-state index in [-0.39, 0.29) is 22.6 Å². The number of anilines is 1. The highest BCUT2D eigenvalue weighted by Crippen LogP contribution is 2.26. The molecule has 26 heavy (non-hydrogen) atoms. The van der Waals surface area contributed by atoms with Crippen molar-refractivity contribution in [3.63, 3.8) is 0 Å². The monoisotopic (exact) mass is 380 g/mol. The molecule has 1 aliphatic heterocycles. The number of likely N-dealkylation sites (tertiary alicyclic amines) is 1. The highest BCUT2D eigenvalue weighted by Gasteiger charge is 2.34. The Hall–Kier alpha value is -1.89. The van der Waals surface area contributed by atoms with Crippen molar-refractivity contribution in [2.45, 2.75) is 38.5 Å². The number of hydrogen-bond acceptors (Lipinski definition) is 4. The second kappa shape index (κ2) is 7.39. The Morgan fingerprint density at radius 2 is 1.73 bits per heavy atom. The molecule has 0 aromatic heterocycles. The van der Waals surface area contributed by atoms with Crippen LogP contribution in [0.4, 0.5) is 5.69 Å². The number of carbonyl (C=O) groups is 2. The largest absolute Gasteiger partial charge is 0.341 e. The summed E-state index contributed by atoms with van der Waals surface area (Å²) in [6, 6.07) is 6.28. The summed E-state index contributed by atoms with van der Waals surface area (Å²) in [4.78, 5) is 28.9. The number of amides is 2. The first kappa shape index (κ1) is 20.4. The van der Waals surface area contributed by atoms with Crippen molar-refractivity contribution in [1.29, 1.82) is 0 Å². The van der Waals surface area contributed by atoms with E-state index in [0.717, 1.165) is 19.1 Å². The van der Waals surface area contributed by atoms with Crippen LogP contribution in [0, 0.1) is 11.3 Å². The van der Waals surface area contributed by atoms with Gasteiger partial charge in [0.25, 0.3) is 0 Å². The maximum absolute atomic E-state index is 12.9. The minimum Gasteiger partial charge on any atom is -0.341 e. The van der Waals surface area contributed by atoms with Crippen LogP contribution < -0.4 is 4.90 Å². The molecule has 1 atom stereocenters. The van der Waals surface area contributed by atoms with Gasteiger partial charge in [0, 0.05) is 37.5 Å². The topological polar surface area (TPSA) is 74.8 Å². The molecule has 2 amide bonds. The van der Waals surface area contributed by atoms with Crippen LogP contribution in [0.5, 0.6) is 0 Å². The molecular weight excluding hydrogens is 352 g/mol. The van der Waals surface area contributed by atoms with Gasteiger partial charge in [0.15, 0.2) is 9.84 Å². The third kappa shape index (κ3) is 4.63. The average Bonchev–Trinajstić information content (AvgIpc) is 2.58. The fraction of sp³-hybridized carbons (Fsp3) is 0.579. The smallest absolute Gasteiger partial charge is 0.231 e.